The average molecular weight is 390 g/mol. The Morgan fingerprint density at radius 2 is 1.93 bits per heavy atom. The molecule has 1 fully saturated rings. The van der Waals surface area contributed by atoms with E-state index < -0.39 is 6.04 Å². The van der Waals surface area contributed by atoms with Crippen molar-refractivity contribution in [3.63, 3.8) is 0 Å². The standard InChI is InChI=1S/C23H26N4O2/c24-15-20(27-23(29)21-6-1-2-11-26-21)13-16-7-9-18(10-8-16)19-5-3-4-17(12-19)14-22(25)28/h3-5,7-10,12,20-21,26H,1-2,6,11,13-14H2,(H2,25,28)(H,27,29)/t20?,21-/m0/s1. The number of hydrogen-bond donors (Lipinski definition) is 3. The molecule has 0 radical (unpaired) electrons. The van der Waals surface area contributed by atoms with Crippen LogP contribution in [0, 0.1) is 11.3 Å². The van der Waals surface area contributed by atoms with Gasteiger partial charge in [0.05, 0.1) is 18.5 Å². The molecule has 29 heavy (non-hydrogen) atoms. The van der Waals surface area contributed by atoms with Crippen LogP contribution in [0.5, 0.6) is 0 Å². The molecular weight excluding hydrogens is 364 g/mol. The molecule has 1 aliphatic rings. The third-order valence-electron chi connectivity index (χ3n) is 5.13. The van der Waals surface area contributed by atoms with Crippen molar-refractivity contribution in [3.05, 3.63) is 59.7 Å². The number of carbonyl (C=O) groups excluding carboxylic acids is 2. The summed E-state index contributed by atoms with van der Waals surface area (Å²) in [6, 6.07) is 17.0. The van der Waals surface area contributed by atoms with E-state index in [2.05, 4.69) is 16.7 Å². The number of hydrogen-bond acceptors (Lipinski definition) is 4. The molecule has 150 valence electrons. The molecule has 1 heterocycles. The zero-order valence-electron chi connectivity index (χ0n) is 16.4. The number of nitrogens with two attached hydrogens (primary N) is 1. The Morgan fingerprint density at radius 1 is 1.14 bits per heavy atom. The van der Waals surface area contributed by atoms with Gasteiger partial charge in [-0.2, -0.15) is 5.26 Å². The number of rotatable bonds is 7. The van der Waals surface area contributed by atoms with Crippen molar-refractivity contribution in [3.8, 4) is 17.2 Å². The lowest BCUT2D eigenvalue weighted by molar-refractivity contribution is -0.124. The molecule has 6 nitrogen and oxygen atoms in total. The van der Waals surface area contributed by atoms with E-state index in [4.69, 9.17) is 5.73 Å². The van der Waals surface area contributed by atoms with Gasteiger partial charge in [0.15, 0.2) is 0 Å². The minimum Gasteiger partial charge on any atom is -0.369 e. The molecule has 2 amide bonds. The van der Waals surface area contributed by atoms with Crippen LogP contribution in [0.4, 0.5) is 0 Å². The monoisotopic (exact) mass is 390 g/mol. The summed E-state index contributed by atoms with van der Waals surface area (Å²) in [5.41, 5.74) is 9.15. The van der Waals surface area contributed by atoms with Gasteiger partial charge in [0.1, 0.15) is 6.04 Å². The molecule has 1 unspecified atom stereocenters. The Balaban J connectivity index is 1.62. The van der Waals surface area contributed by atoms with Crippen molar-refractivity contribution in [1.82, 2.24) is 10.6 Å². The first-order valence-electron chi connectivity index (χ1n) is 9.95. The third-order valence-corrected chi connectivity index (χ3v) is 5.13. The molecule has 3 rings (SSSR count). The fraction of sp³-hybridized carbons (Fsp3) is 0.348. The first-order valence-corrected chi connectivity index (χ1v) is 9.95. The second-order valence-electron chi connectivity index (χ2n) is 7.44. The van der Waals surface area contributed by atoms with Crippen molar-refractivity contribution >= 4 is 11.8 Å². The van der Waals surface area contributed by atoms with Gasteiger partial charge in [0.2, 0.25) is 11.8 Å². The molecule has 0 aliphatic carbocycles. The van der Waals surface area contributed by atoms with E-state index in [9.17, 15) is 14.9 Å². The minimum absolute atomic E-state index is 0.0980. The Bertz CT molecular complexity index is 896. The van der Waals surface area contributed by atoms with Crippen molar-refractivity contribution in [2.24, 2.45) is 5.73 Å². The molecule has 4 N–H and O–H groups in total. The highest BCUT2D eigenvalue weighted by atomic mass is 16.2. The molecule has 0 bridgehead atoms. The van der Waals surface area contributed by atoms with E-state index >= 15 is 0 Å². The van der Waals surface area contributed by atoms with Crippen LogP contribution < -0.4 is 16.4 Å². The molecule has 2 aromatic rings. The van der Waals surface area contributed by atoms with Gasteiger partial charge in [-0.05, 0) is 41.6 Å². The van der Waals surface area contributed by atoms with Crippen LogP contribution in [-0.2, 0) is 22.4 Å². The minimum atomic E-state index is -0.559. The zero-order chi connectivity index (χ0) is 20.6. The van der Waals surface area contributed by atoms with Crippen molar-refractivity contribution in [2.45, 2.75) is 44.2 Å². The van der Waals surface area contributed by atoms with Crippen LogP contribution >= 0.6 is 0 Å². The number of carbonyl (C=O) groups is 2. The van der Waals surface area contributed by atoms with Crippen LogP contribution in [0.15, 0.2) is 48.5 Å². The zero-order valence-corrected chi connectivity index (χ0v) is 16.4. The van der Waals surface area contributed by atoms with E-state index in [0.717, 1.165) is 48.1 Å². The normalized spacial score (nSPS) is 17.1. The number of nitrogens with one attached hydrogen (secondary N) is 2. The first kappa shape index (κ1) is 20.6. The lowest BCUT2D eigenvalue weighted by Crippen LogP contribution is -2.49. The van der Waals surface area contributed by atoms with E-state index in [0.29, 0.717) is 6.42 Å². The van der Waals surface area contributed by atoms with Crippen LogP contribution in [-0.4, -0.2) is 30.4 Å². The summed E-state index contributed by atoms with van der Waals surface area (Å²) in [7, 11) is 0. The summed E-state index contributed by atoms with van der Waals surface area (Å²) in [6.45, 7) is 0.845. The maximum atomic E-state index is 12.3. The Morgan fingerprint density at radius 3 is 2.59 bits per heavy atom. The summed E-state index contributed by atoms with van der Waals surface area (Å²) in [5.74, 6) is -0.454. The number of primary amides is 1. The second kappa shape index (κ2) is 9.85. The smallest absolute Gasteiger partial charge is 0.238 e. The number of amides is 2. The number of nitriles is 1. The molecule has 2 atom stereocenters. The van der Waals surface area contributed by atoms with Gasteiger partial charge in [0.25, 0.3) is 0 Å². The predicted octanol–water partition coefficient (Wildman–Crippen LogP) is 2.07. The molecule has 0 aromatic heterocycles. The van der Waals surface area contributed by atoms with Gasteiger partial charge in [-0.15, -0.1) is 0 Å². The first-order chi connectivity index (χ1) is 14.0. The maximum Gasteiger partial charge on any atom is 0.238 e. The molecule has 0 saturated carbocycles. The lowest BCUT2D eigenvalue weighted by Gasteiger charge is -2.23. The molecule has 6 heteroatoms. The van der Waals surface area contributed by atoms with Crippen LogP contribution in [0.1, 0.15) is 30.4 Å². The van der Waals surface area contributed by atoms with E-state index in [1.165, 1.54) is 0 Å². The van der Waals surface area contributed by atoms with Gasteiger partial charge in [0, 0.05) is 6.42 Å². The molecule has 0 spiro atoms. The molecule has 1 saturated heterocycles. The average Bonchev–Trinajstić information content (AvgIpc) is 2.74. The lowest BCUT2D eigenvalue weighted by atomic mass is 9.98. The number of benzene rings is 2. The van der Waals surface area contributed by atoms with Crippen LogP contribution in [0.2, 0.25) is 0 Å². The van der Waals surface area contributed by atoms with Gasteiger partial charge >= 0.3 is 0 Å². The Hall–Kier alpha value is -3.17. The summed E-state index contributed by atoms with van der Waals surface area (Å²) < 4.78 is 0. The summed E-state index contributed by atoms with van der Waals surface area (Å²) in [5, 5.41) is 15.5. The van der Waals surface area contributed by atoms with E-state index in [1.807, 2.05) is 48.5 Å². The van der Waals surface area contributed by atoms with Gasteiger partial charge < -0.3 is 16.4 Å². The molecular formula is C23H26N4O2. The summed E-state index contributed by atoms with van der Waals surface area (Å²) >= 11 is 0. The predicted molar refractivity (Wildman–Crippen MR) is 112 cm³/mol. The Labute approximate surface area is 171 Å². The highest BCUT2D eigenvalue weighted by Gasteiger charge is 2.23. The van der Waals surface area contributed by atoms with Gasteiger partial charge in [-0.1, -0.05) is 55.0 Å². The van der Waals surface area contributed by atoms with E-state index in [-0.39, 0.29) is 24.3 Å². The number of piperidine rings is 1. The van der Waals surface area contributed by atoms with Crippen LogP contribution in [0.3, 0.4) is 0 Å². The fourth-order valence-electron chi connectivity index (χ4n) is 3.61. The number of nitrogens with zero attached hydrogens (tertiary/aromatic N) is 1. The summed E-state index contributed by atoms with van der Waals surface area (Å²) in [6.07, 6.45) is 3.60. The van der Waals surface area contributed by atoms with Crippen molar-refractivity contribution < 1.29 is 9.59 Å². The molecule has 2 aromatic carbocycles. The topological polar surface area (TPSA) is 108 Å². The van der Waals surface area contributed by atoms with Gasteiger partial charge in [-0.3, -0.25) is 9.59 Å². The van der Waals surface area contributed by atoms with Crippen LogP contribution in [0.25, 0.3) is 11.1 Å². The highest BCUT2D eigenvalue weighted by molar-refractivity contribution is 5.82. The second-order valence-corrected chi connectivity index (χ2v) is 7.44. The SMILES string of the molecule is N#CC(Cc1ccc(-c2cccc(CC(N)=O)c2)cc1)NC(=O)[C@@H]1CCCCN1. The maximum absolute atomic E-state index is 12.3. The quantitative estimate of drug-likeness (QED) is 0.672. The molecule has 1 aliphatic heterocycles. The van der Waals surface area contributed by atoms with Crippen molar-refractivity contribution in [2.75, 3.05) is 6.54 Å². The largest absolute Gasteiger partial charge is 0.369 e. The van der Waals surface area contributed by atoms with Crippen molar-refractivity contribution in [1.29, 1.82) is 5.26 Å². The fourth-order valence-corrected chi connectivity index (χ4v) is 3.61. The summed E-state index contributed by atoms with van der Waals surface area (Å²) in [4.78, 5) is 23.5. The van der Waals surface area contributed by atoms with Gasteiger partial charge in [-0.25, -0.2) is 0 Å². The Kier molecular flexibility index (Phi) is 6.99. The third kappa shape index (κ3) is 5.90. The van der Waals surface area contributed by atoms with E-state index in [1.54, 1.807) is 0 Å². The highest BCUT2D eigenvalue weighted by Crippen LogP contribution is 2.22.